The molecule has 1 N–H and O–H groups in total. The molecule has 1 aliphatic heterocycles. The Kier molecular flexibility index (Phi) is 3.08. The van der Waals surface area contributed by atoms with E-state index in [2.05, 4.69) is 4.98 Å². The summed E-state index contributed by atoms with van der Waals surface area (Å²) in [5.41, 5.74) is 0. The second-order valence-corrected chi connectivity index (χ2v) is 4.02. The standard InChI is InChI=1S/C8H10ClN3O4/c9-5-3-7(16-6(5)4-13)11-2-1-10-8(11)12(14)15/h1-2,5-7,13H,3-4H2/t5-,6-,7?/m1/s1. The molecule has 1 saturated heterocycles. The van der Waals surface area contributed by atoms with Crippen LogP contribution in [-0.4, -0.2) is 37.7 Å². The quantitative estimate of drug-likeness (QED) is 0.482. The van der Waals surface area contributed by atoms with Gasteiger partial charge < -0.3 is 20.0 Å². The van der Waals surface area contributed by atoms with Gasteiger partial charge in [0.1, 0.15) is 18.5 Å². The summed E-state index contributed by atoms with van der Waals surface area (Å²) in [6.07, 6.45) is 2.17. The van der Waals surface area contributed by atoms with Crippen LogP contribution in [0.4, 0.5) is 5.95 Å². The van der Waals surface area contributed by atoms with Gasteiger partial charge in [0.05, 0.1) is 12.0 Å². The number of alkyl halides is 1. The van der Waals surface area contributed by atoms with E-state index in [0.717, 1.165) is 0 Å². The van der Waals surface area contributed by atoms with Crippen molar-refractivity contribution < 1.29 is 14.8 Å². The molecular weight excluding hydrogens is 238 g/mol. The third-order valence-electron chi connectivity index (χ3n) is 2.46. The molecule has 2 rings (SSSR count). The molecule has 0 aliphatic carbocycles. The maximum absolute atomic E-state index is 10.7. The van der Waals surface area contributed by atoms with E-state index in [-0.39, 0.29) is 17.9 Å². The minimum absolute atomic E-state index is 0.201. The second-order valence-electron chi connectivity index (χ2n) is 3.46. The van der Waals surface area contributed by atoms with Crippen LogP contribution in [0.15, 0.2) is 12.4 Å². The molecule has 0 spiro atoms. The number of imidazole rings is 1. The average Bonchev–Trinajstić information content (AvgIpc) is 2.82. The van der Waals surface area contributed by atoms with Crippen LogP contribution in [-0.2, 0) is 4.74 Å². The number of hydrogen-bond acceptors (Lipinski definition) is 5. The maximum atomic E-state index is 10.7. The van der Waals surface area contributed by atoms with Crippen molar-refractivity contribution in [2.24, 2.45) is 0 Å². The first-order chi connectivity index (χ1) is 7.63. The summed E-state index contributed by atoms with van der Waals surface area (Å²) < 4.78 is 6.71. The highest BCUT2D eigenvalue weighted by Crippen LogP contribution is 2.33. The summed E-state index contributed by atoms with van der Waals surface area (Å²) in [5.74, 6) is -0.285. The van der Waals surface area contributed by atoms with Crippen molar-refractivity contribution in [3.63, 3.8) is 0 Å². The highest BCUT2D eigenvalue weighted by molar-refractivity contribution is 6.21. The van der Waals surface area contributed by atoms with E-state index < -0.39 is 17.3 Å². The van der Waals surface area contributed by atoms with Gasteiger partial charge in [0.15, 0.2) is 6.23 Å². The molecule has 0 amide bonds. The van der Waals surface area contributed by atoms with Crippen LogP contribution in [0.1, 0.15) is 12.6 Å². The topological polar surface area (TPSA) is 90.4 Å². The molecule has 1 aromatic heterocycles. The minimum Gasteiger partial charge on any atom is -0.394 e. The van der Waals surface area contributed by atoms with Crippen LogP contribution in [0, 0.1) is 10.1 Å². The Morgan fingerprint density at radius 2 is 2.56 bits per heavy atom. The van der Waals surface area contributed by atoms with Crippen molar-refractivity contribution in [1.82, 2.24) is 9.55 Å². The lowest BCUT2D eigenvalue weighted by atomic mass is 10.2. The van der Waals surface area contributed by atoms with Crippen molar-refractivity contribution in [2.75, 3.05) is 6.61 Å². The summed E-state index contributed by atoms with van der Waals surface area (Å²) in [6.45, 7) is -0.201. The van der Waals surface area contributed by atoms with E-state index >= 15 is 0 Å². The zero-order valence-electron chi connectivity index (χ0n) is 8.19. The number of ether oxygens (including phenoxy) is 1. The summed E-state index contributed by atoms with van der Waals surface area (Å²) in [5, 5.41) is 19.3. The molecule has 1 unspecified atom stereocenters. The Morgan fingerprint density at radius 3 is 3.12 bits per heavy atom. The molecule has 8 heteroatoms. The molecule has 0 aromatic carbocycles. The largest absolute Gasteiger partial charge is 0.436 e. The molecule has 1 aromatic rings. The number of aromatic nitrogens is 2. The lowest BCUT2D eigenvalue weighted by molar-refractivity contribution is -0.398. The zero-order chi connectivity index (χ0) is 11.7. The fourth-order valence-electron chi connectivity index (χ4n) is 1.69. The van der Waals surface area contributed by atoms with Crippen molar-refractivity contribution in [3.05, 3.63) is 22.5 Å². The van der Waals surface area contributed by atoms with Gasteiger partial charge in [-0.25, -0.2) is 4.57 Å². The van der Waals surface area contributed by atoms with E-state index in [1.807, 2.05) is 0 Å². The second kappa shape index (κ2) is 4.36. The van der Waals surface area contributed by atoms with Crippen molar-refractivity contribution in [3.8, 4) is 0 Å². The molecule has 1 fully saturated rings. The maximum Gasteiger partial charge on any atom is 0.436 e. The molecular formula is C8H10ClN3O4. The Labute approximate surface area is 95.8 Å². The fraction of sp³-hybridized carbons (Fsp3) is 0.625. The van der Waals surface area contributed by atoms with Gasteiger partial charge in [0.25, 0.3) is 0 Å². The number of nitrogens with zero attached hydrogens (tertiary/aromatic N) is 3. The molecule has 3 atom stereocenters. The zero-order valence-corrected chi connectivity index (χ0v) is 8.95. The summed E-state index contributed by atoms with van der Waals surface area (Å²) in [4.78, 5) is 13.7. The SMILES string of the molecule is O=[N+]([O-])c1nccn1C1C[C@@H](Cl)[C@@H](CO)O1. The van der Waals surface area contributed by atoms with Gasteiger partial charge in [-0.1, -0.05) is 4.98 Å². The van der Waals surface area contributed by atoms with Gasteiger partial charge >= 0.3 is 5.95 Å². The van der Waals surface area contributed by atoms with E-state index in [1.54, 1.807) is 0 Å². The monoisotopic (exact) mass is 247 g/mol. The molecule has 1 aliphatic rings. The first-order valence-electron chi connectivity index (χ1n) is 4.71. The Bertz CT molecular complexity index is 396. The first kappa shape index (κ1) is 11.3. The number of aliphatic hydroxyl groups is 1. The lowest BCUT2D eigenvalue weighted by Crippen LogP contribution is -2.20. The third kappa shape index (κ3) is 1.89. The molecule has 0 radical (unpaired) electrons. The van der Waals surface area contributed by atoms with E-state index in [0.29, 0.717) is 6.42 Å². The molecule has 7 nitrogen and oxygen atoms in total. The first-order valence-corrected chi connectivity index (χ1v) is 5.14. The Balaban J connectivity index is 2.20. The van der Waals surface area contributed by atoms with E-state index in [9.17, 15) is 10.1 Å². The van der Waals surface area contributed by atoms with Crippen molar-refractivity contribution in [2.45, 2.75) is 24.1 Å². The number of hydrogen-bond donors (Lipinski definition) is 1. The van der Waals surface area contributed by atoms with Crippen molar-refractivity contribution >= 4 is 17.5 Å². The van der Waals surface area contributed by atoms with Gasteiger partial charge in [-0.15, -0.1) is 11.6 Å². The smallest absolute Gasteiger partial charge is 0.394 e. The predicted molar refractivity (Wildman–Crippen MR) is 54.1 cm³/mol. The van der Waals surface area contributed by atoms with Gasteiger partial charge in [0, 0.05) is 6.42 Å². The number of rotatable bonds is 3. The fourth-order valence-corrected chi connectivity index (χ4v) is 1.99. The third-order valence-corrected chi connectivity index (χ3v) is 2.92. The average molecular weight is 248 g/mol. The normalized spacial score (nSPS) is 29.5. The van der Waals surface area contributed by atoms with Gasteiger partial charge in [-0.05, 0) is 4.92 Å². The van der Waals surface area contributed by atoms with Gasteiger partial charge in [0.2, 0.25) is 0 Å². The highest BCUT2D eigenvalue weighted by atomic mass is 35.5. The van der Waals surface area contributed by atoms with Crippen molar-refractivity contribution in [1.29, 1.82) is 0 Å². The summed E-state index contributed by atoms with van der Waals surface area (Å²) in [6, 6.07) is 0. The summed E-state index contributed by atoms with van der Waals surface area (Å²) >= 11 is 5.93. The molecule has 16 heavy (non-hydrogen) atoms. The van der Waals surface area contributed by atoms with Crippen LogP contribution in [0.2, 0.25) is 0 Å². The van der Waals surface area contributed by atoms with Crippen LogP contribution in [0.3, 0.4) is 0 Å². The Hall–Kier alpha value is -1.18. The number of halogens is 1. The molecule has 2 heterocycles. The number of nitro groups is 1. The molecule has 0 bridgehead atoms. The predicted octanol–water partition coefficient (Wildman–Crippen LogP) is 0.678. The van der Waals surface area contributed by atoms with Crippen LogP contribution in [0.25, 0.3) is 0 Å². The number of aliphatic hydroxyl groups excluding tert-OH is 1. The van der Waals surface area contributed by atoms with Crippen LogP contribution in [0.5, 0.6) is 0 Å². The van der Waals surface area contributed by atoms with Crippen LogP contribution >= 0.6 is 11.6 Å². The Morgan fingerprint density at radius 1 is 1.81 bits per heavy atom. The summed E-state index contributed by atoms with van der Waals surface area (Å²) in [7, 11) is 0. The van der Waals surface area contributed by atoms with E-state index in [4.69, 9.17) is 21.4 Å². The van der Waals surface area contributed by atoms with Gasteiger partial charge in [-0.2, -0.15) is 0 Å². The van der Waals surface area contributed by atoms with Crippen LogP contribution < -0.4 is 0 Å². The molecule has 88 valence electrons. The highest BCUT2D eigenvalue weighted by Gasteiger charge is 2.38. The van der Waals surface area contributed by atoms with E-state index in [1.165, 1.54) is 17.0 Å². The minimum atomic E-state index is -0.584. The lowest BCUT2D eigenvalue weighted by Gasteiger charge is -2.10. The molecule has 0 saturated carbocycles. The van der Waals surface area contributed by atoms with Gasteiger partial charge in [-0.3, -0.25) is 0 Å².